The van der Waals surface area contributed by atoms with Crippen LogP contribution in [-0.2, 0) is 4.74 Å². The van der Waals surface area contributed by atoms with E-state index in [4.69, 9.17) is 4.74 Å². The summed E-state index contributed by atoms with van der Waals surface area (Å²) in [6.45, 7) is 3.03. The molecule has 0 amide bonds. The summed E-state index contributed by atoms with van der Waals surface area (Å²) in [6.07, 6.45) is 1.62. The summed E-state index contributed by atoms with van der Waals surface area (Å²) in [7, 11) is 0. The average Bonchev–Trinajstić information content (AvgIpc) is 2.91. The third-order valence-corrected chi connectivity index (χ3v) is 3.65. The minimum absolute atomic E-state index is 0. The number of carbonyl (C=O) groups excluding carboxylic acids is 1. The van der Waals surface area contributed by atoms with Gasteiger partial charge in [-0.25, -0.2) is 0 Å². The molecular weight excluding hydrogens is 310 g/mol. The maximum atomic E-state index is 12.4. The number of halogens is 1. The molecule has 8 heteroatoms. The van der Waals surface area contributed by atoms with E-state index in [1.54, 1.807) is 12.3 Å². The Kier molecular flexibility index (Phi) is 5.12. The Morgan fingerprint density at radius 1 is 1.36 bits per heavy atom. The lowest BCUT2D eigenvalue weighted by Gasteiger charge is -2.25. The standard InChI is InChI=1S/C14H15N3O4.ClH/c18-14(9-16-3-5-21-6-4-16)12-8-15-13-2-1-10(17(19)20)7-11(12)13;/h1-2,7-8,15H,3-6,9H2;1H. The lowest BCUT2D eigenvalue weighted by Crippen LogP contribution is -2.39. The van der Waals surface area contributed by atoms with Crippen molar-refractivity contribution in [2.75, 3.05) is 32.8 Å². The topological polar surface area (TPSA) is 88.5 Å². The summed E-state index contributed by atoms with van der Waals surface area (Å²) in [5.41, 5.74) is 1.22. The van der Waals surface area contributed by atoms with Crippen LogP contribution < -0.4 is 0 Å². The first-order valence-electron chi connectivity index (χ1n) is 6.74. The first-order valence-corrected chi connectivity index (χ1v) is 6.74. The van der Waals surface area contributed by atoms with Crippen molar-refractivity contribution in [3.63, 3.8) is 0 Å². The van der Waals surface area contributed by atoms with E-state index >= 15 is 0 Å². The minimum atomic E-state index is -0.456. The number of Topliss-reactive ketones (excluding diaryl/α,β-unsaturated/α-hetero) is 1. The van der Waals surface area contributed by atoms with Crippen LogP contribution in [0.3, 0.4) is 0 Å². The van der Waals surface area contributed by atoms with Gasteiger partial charge < -0.3 is 9.72 Å². The van der Waals surface area contributed by atoms with Gasteiger partial charge in [0, 0.05) is 47.9 Å². The largest absolute Gasteiger partial charge is 0.379 e. The predicted molar refractivity (Wildman–Crippen MR) is 83.8 cm³/mol. The third kappa shape index (κ3) is 3.27. The van der Waals surface area contributed by atoms with Gasteiger partial charge in [0.05, 0.1) is 24.7 Å². The Morgan fingerprint density at radius 2 is 2.09 bits per heavy atom. The van der Waals surface area contributed by atoms with Gasteiger partial charge in [0.1, 0.15) is 0 Å². The van der Waals surface area contributed by atoms with E-state index < -0.39 is 4.92 Å². The second-order valence-electron chi connectivity index (χ2n) is 5.00. The number of fused-ring (bicyclic) bond motifs is 1. The number of non-ortho nitro benzene ring substituents is 1. The summed E-state index contributed by atoms with van der Waals surface area (Å²) in [6, 6.07) is 4.49. The Hall–Kier alpha value is -1.96. The average molecular weight is 326 g/mol. The number of benzene rings is 1. The van der Waals surface area contributed by atoms with Gasteiger partial charge in [0.2, 0.25) is 0 Å². The highest BCUT2D eigenvalue weighted by Crippen LogP contribution is 2.24. The lowest BCUT2D eigenvalue weighted by molar-refractivity contribution is -0.384. The van der Waals surface area contributed by atoms with Crippen LogP contribution in [0.1, 0.15) is 10.4 Å². The molecule has 1 aromatic heterocycles. The fourth-order valence-electron chi connectivity index (χ4n) is 2.50. The van der Waals surface area contributed by atoms with Gasteiger partial charge in [-0.1, -0.05) is 0 Å². The number of nitro groups is 1. The van der Waals surface area contributed by atoms with Crippen LogP contribution in [0.4, 0.5) is 5.69 Å². The summed E-state index contributed by atoms with van der Waals surface area (Å²) in [4.78, 5) is 27.8. The van der Waals surface area contributed by atoms with Crippen molar-refractivity contribution < 1.29 is 14.5 Å². The summed E-state index contributed by atoms with van der Waals surface area (Å²) >= 11 is 0. The van der Waals surface area contributed by atoms with E-state index in [9.17, 15) is 14.9 Å². The number of rotatable bonds is 4. The maximum Gasteiger partial charge on any atom is 0.270 e. The van der Waals surface area contributed by atoms with Gasteiger partial charge in [0.25, 0.3) is 5.69 Å². The molecule has 1 aromatic carbocycles. The van der Waals surface area contributed by atoms with Crippen molar-refractivity contribution in [2.24, 2.45) is 0 Å². The number of nitro benzene ring substituents is 1. The number of nitrogens with one attached hydrogen (secondary N) is 1. The molecule has 118 valence electrons. The van der Waals surface area contributed by atoms with Gasteiger partial charge >= 0.3 is 0 Å². The Morgan fingerprint density at radius 3 is 2.77 bits per heavy atom. The quantitative estimate of drug-likeness (QED) is 0.527. The number of hydrogen-bond acceptors (Lipinski definition) is 5. The first-order chi connectivity index (χ1) is 10.1. The van der Waals surface area contributed by atoms with E-state index in [0.717, 1.165) is 18.6 Å². The molecule has 7 nitrogen and oxygen atoms in total. The number of H-pyrrole nitrogens is 1. The second-order valence-corrected chi connectivity index (χ2v) is 5.00. The van der Waals surface area contributed by atoms with Crippen LogP contribution in [0.25, 0.3) is 10.9 Å². The summed E-state index contributed by atoms with van der Waals surface area (Å²) < 4.78 is 5.25. The van der Waals surface area contributed by atoms with E-state index in [0.29, 0.717) is 30.7 Å². The zero-order valence-corrected chi connectivity index (χ0v) is 12.6. The highest BCUT2D eigenvalue weighted by molar-refractivity contribution is 6.09. The smallest absolute Gasteiger partial charge is 0.270 e. The van der Waals surface area contributed by atoms with Crippen LogP contribution in [-0.4, -0.2) is 53.4 Å². The summed E-state index contributed by atoms with van der Waals surface area (Å²) in [5.74, 6) is -0.0383. The van der Waals surface area contributed by atoms with Gasteiger partial charge in [0.15, 0.2) is 5.78 Å². The number of nitrogens with zero attached hydrogens (tertiary/aromatic N) is 2. The summed E-state index contributed by atoms with van der Waals surface area (Å²) in [5, 5.41) is 11.5. The fourth-order valence-corrected chi connectivity index (χ4v) is 2.50. The molecule has 3 rings (SSSR count). The second kappa shape index (κ2) is 6.87. The molecule has 2 heterocycles. The van der Waals surface area contributed by atoms with E-state index in [1.165, 1.54) is 12.1 Å². The fraction of sp³-hybridized carbons (Fsp3) is 0.357. The minimum Gasteiger partial charge on any atom is -0.379 e. The zero-order chi connectivity index (χ0) is 14.8. The normalized spacial score (nSPS) is 15.5. The number of ketones is 1. The monoisotopic (exact) mass is 325 g/mol. The van der Waals surface area contributed by atoms with Crippen LogP contribution in [0, 0.1) is 10.1 Å². The van der Waals surface area contributed by atoms with Crippen molar-refractivity contribution in [1.29, 1.82) is 0 Å². The van der Waals surface area contributed by atoms with Crippen molar-refractivity contribution in [3.8, 4) is 0 Å². The number of morpholine rings is 1. The highest BCUT2D eigenvalue weighted by Gasteiger charge is 2.19. The van der Waals surface area contributed by atoms with E-state index in [-0.39, 0.29) is 23.9 Å². The van der Waals surface area contributed by atoms with Gasteiger partial charge in [-0.2, -0.15) is 0 Å². The predicted octanol–water partition coefficient (Wildman–Crippen LogP) is 2.01. The molecule has 0 unspecified atom stereocenters. The molecule has 0 atom stereocenters. The van der Waals surface area contributed by atoms with Crippen LogP contribution in [0.15, 0.2) is 24.4 Å². The maximum absolute atomic E-state index is 12.4. The highest BCUT2D eigenvalue weighted by atomic mass is 35.5. The van der Waals surface area contributed by atoms with Crippen molar-refractivity contribution in [1.82, 2.24) is 9.88 Å². The molecule has 0 spiro atoms. The number of ether oxygens (including phenoxy) is 1. The van der Waals surface area contributed by atoms with Crippen molar-refractivity contribution in [2.45, 2.75) is 0 Å². The van der Waals surface area contributed by atoms with Crippen molar-refractivity contribution >= 4 is 34.8 Å². The van der Waals surface area contributed by atoms with E-state index in [2.05, 4.69) is 4.98 Å². The first kappa shape index (κ1) is 16.4. The van der Waals surface area contributed by atoms with Crippen LogP contribution in [0.5, 0.6) is 0 Å². The molecule has 1 N–H and O–H groups in total. The van der Waals surface area contributed by atoms with Gasteiger partial charge in [-0.3, -0.25) is 19.8 Å². The molecule has 1 saturated heterocycles. The Bertz CT molecular complexity index is 694. The third-order valence-electron chi connectivity index (χ3n) is 3.65. The van der Waals surface area contributed by atoms with Crippen LogP contribution >= 0.6 is 12.4 Å². The zero-order valence-electron chi connectivity index (χ0n) is 11.8. The van der Waals surface area contributed by atoms with Crippen LogP contribution in [0.2, 0.25) is 0 Å². The molecule has 1 aliphatic heterocycles. The van der Waals surface area contributed by atoms with Gasteiger partial charge in [-0.05, 0) is 6.07 Å². The van der Waals surface area contributed by atoms with Gasteiger partial charge in [-0.15, -0.1) is 12.4 Å². The molecule has 2 aromatic rings. The number of hydrogen-bond donors (Lipinski definition) is 1. The molecule has 0 bridgehead atoms. The number of carbonyl (C=O) groups is 1. The molecule has 0 saturated carbocycles. The number of aromatic nitrogens is 1. The molecule has 0 radical (unpaired) electrons. The Balaban J connectivity index is 0.00000176. The molecule has 22 heavy (non-hydrogen) atoms. The molecule has 1 fully saturated rings. The van der Waals surface area contributed by atoms with E-state index in [1.807, 2.05) is 4.90 Å². The SMILES string of the molecule is Cl.O=C(CN1CCOCC1)c1c[nH]c2ccc([N+](=O)[O-])cc12. The van der Waals surface area contributed by atoms with Crippen molar-refractivity contribution in [3.05, 3.63) is 40.1 Å². The lowest BCUT2D eigenvalue weighted by atomic mass is 10.1. The molecular formula is C14H16ClN3O4. The molecule has 1 aliphatic rings. The Labute approximate surface area is 132 Å². The molecule has 0 aliphatic carbocycles. The number of aromatic amines is 1.